The number of aromatic nitrogens is 2. The highest BCUT2D eigenvalue weighted by Gasteiger charge is 2.30. The molecule has 2 heterocycles. The van der Waals surface area contributed by atoms with Crippen molar-refractivity contribution < 1.29 is 17.9 Å². The topological polar surface area (TPSA) is 93.5 Å². The molecule has 1 amide bonds. The third kappa shape index (κ3) is 5.16. The van der Waals surface area contributed by atoms with Gasteiger partial charge in [-0.3, -0.25) is 4.79 Å². The minimum atomic E-state index is -3.48. The lowest BCUT2D eigenvalue weighted by Crippen LogP contribution is -2.49. The van der Waals surface area contributed by atoms with Gasteiger partial charge in [-0.05, 0) is 39.0 Å². The average molecular weight is 441 g/mol. The Bertz CT molecular complexity index is 982. The van der Waals surface area contributed by atoms with Crippen molar-refractivity contribution in [2.24, 2.45) is 0 Å². The maximum Gasteiger partial charge on any atom is 0.254 e. The molecule has 2 unspecified atom stereocenters. The average Bonchev–Trinajstić information content (AvgIpc) is 3.02. The number of morpholine rings is 1. The molecular weight excluding hydrogens is 416 g/mol. The Labute approximate surface area is 175 Å². The zero-order chi connectivity index (χ0) is 21.2. The third-order valence-corrected chi connectivity index (χ3v) is 6.77. The van der Waals surface area contributed by atoms with E-state index in [2.05, 4.69) is 10.4 Å². The van der Waals surface area contributed by atoms with E-state index in [0.29, 0.717) is 29.4 Å². The van der Waals surface area contributed by atoms with Crippen LogP contribution in [0.3, 0.4) is 0 Å². The van der Waals surface area contributed by atoms with Gasteiger partial charge in [-0.25, -0.2) is 13.1 Å². The number of amides is 1. The van der Waals surface area contributed by atoms with Gasteiger partial charge in [0, 0.05) is 24.7 Å². The predicted molar refractivity (Wildman–Crippen MR) is 111 cm³/mol. The van der Waals surface area contributed by atoms with E-state index >= 15 is 0 Å². The van der Waals surface area contributed by atoms with E-state index in [0.717, 1.165) is 5.69 Å². The molecule has 1 aliphatic rings. The smallest absolute Gasteiger partial charge is 0.254 e. The number of nitrogens with zero attached hydrogens (tertiary/aromatic N) is 3. The van der Waals surface area contributed by atoms with Crippen LogP contribution in [0.5, 0.6) is 0 Å². The molecule has 2 aromatic rings. The standard InChI is InChI=1S/C19H25ClN4O4S/c1-13-11-23(12-14(2)28-13)29(26,27)8-7-21-19(25)18-10-22-24(15(18)3)17-6-4-5-16(20)9-17/h4-6,9-10,13-14H,7-8,11-12H2,1-3H3,(H,21,25). The first-order valence-electron chi connectivity index (χ1n) is 9.39. The maximum absolute atomic E-state index is 12.6. The maximum atomic E-state index is 12.6. The Morgan fingerprint density at radius 3 is 2.66 bits per heavy atom. The summed E-state index contributed by atoms with van der Waals surface area (Å²) in [5, 5.41) is 7.50. The minimum absolute atomic E-state index is 0.0169. The van der Waals surface area contributed by atoms with E-state index in [1.165, 1.54) is 10.5 Å². The van der Waals surface area contributed by atoms with Gasteiger partial charge in [0.25, 0.3) is 5.91 Å². The Morgan fingerprint density at radius 1 is 1.31 bits per heavy atom. The van der Waals surface area contributed by atoms with Gasteiger partial charge in [-0.1, -0.05) is 17.7 Å². The number of hydrogen-bond acceptors (Lipinski definition) is 5. The van der Waals surface area contributed by atoms with Crippen LogP contribution in [0.1, 0.15) is 29.9 Å². The van der Waals surface area contributed by atoms with Gasteiger partial charge in [-0.2, -0.15) is 9.40 Å². The lowest BCUT2D eigenvalue weighted by molar-refractivity contribution is -0.0440. The molecule has 8 nitrogen and oxygen atoms in total. The molecular formula is C19H25ClN4O4S. The van der Waals surface area contributed by atoms with Gasteiger partial charge < -0.3 is 10.1 Å². The number of carbonyl (C=O) groups excluding carboxylic acids is 1. The molecule has 1 N–H and O–H groups in total. The minimum Gasteiger partial charge on any atom is -0.373 e. The van der Waals surface area contributed by atoms with Crippen molar-refractivity contribution in [2.45, 2.75) is 33.0 Å². The number of rotatable bonds is 6. The Hall–Kier alpha value is -1.94. The summed E-state index contributed by atoms with van der Waals surface area (Å²) < 4.78 is 33.8. The summed E-state index contributed by atoms with van der Waals surface area (Å²) in [6.45, 7) is 6.14. The highest BCUT2D eigenvalue weighted by Crippen LogP contribution is 2.18. The first kappa shape index (κ1) is 21.8. The number of ether oxygens (including phenoxy) is 1. The highest BCUT2D eigenvalue weighted by molar-refractivity contribution is 7.89. The molecule has 1 saturated heterocycles. The highest BCUT2D eigenvalue weighted by atomic mass is 35.5. The van der Waals surface area contributed by atoms with Crippen LogP contribution in [-0.4, -0.2) is 66.0 Å². The second-order valence-electron chi connectivity index (χ2n) is 7.18. The van der Waals surface area contributed by atoms with Crippen LogP contribution in [0, 0.1) is 6.92 Å². The van der Waals surface area contributed by atoms with Crippen molar-refractivity contribution in [1.82, 2.24) is 19.4 Å². The number of sulfonamides is 1. The van der Waals surface area contributed by atoms with E-state index in [4.69, 9.17) is 16.3 Å². The molecule has 0 aliphatic carbocycles. The molecule has 0 bridgehead atoms. The molecule has 3 rings (SSSR count). The van der Waals surface area contributed by atoms with Gasteiger partial charge in [0.2, 0.25) is 10.0 Å². The largest absolute Gasteiger partial charge is 0.373 e. The lowest BCUT2D eigenvalue weighted by Gasteiger charge is -2.34. The first-order valence-corrected chi connectivity index (χ1v) is 11.4. The van der Waals surface area contributed by atoms with Crippen molar-refractivity contribution in [3.63, 3.8) is 0 Å². The Kier molecular flexibility index (Phi) is 6.62. The Morgan fingerprint density at radius 2 is 2.00 bits per heavy atom. The first-order chi connectivity index (χ1) is 13.7. The lowest BCUT2D eigenvalue weighted by atomic mass is 10.2. The molecule has 1 fully saturated rings. The summed E-state index contributed by atoms with van der Waals surface area (Å²) in [4.78, 5) is 12.5. The van der Waals surface area contributed by atoms with E-state index in [1.807, 2.05) is 19.9 Å². The van der Waals surface area contributed by atoms with Crippen LogP contribution < -0.4 is 5.32 Å². The molecule has 1 aromatic heterocycles. The number of carbonyl (C=O) groups is 1. The molecule has 0 saturated carbocycles. The fourth-order valence-corrected chi connectivity index (χ4v) is 5.05. The number of halogens is 1. The van der Waals surface area contributed by atoms with Crippen LogP contribution >= 0.6 is 11.6 Å². The van der Waals surface area contributed by atoms with Crippen molar-refractivity contribution in [2.75, 3.05) is 25.4 Å². The number of nitrogens with one attached hydrogen (secondary N) is 1. The number of hydrogen-bond donors (Lipinski definition) is 1. The van der Waals surface area contributed by atoms with Crippen LogP contribution in [0.2, 0.25) is 5.02 Å². The summed E-state index contributed by atoms with van der Waals surface area (Å²) in [6.07, 6.45) is 1.16. The van der Waals surface area contributed by atoms with Crippen molar-refractivity contribution in [1.29, 1.82) is 0 Å². The Balaban J connectivity index is 1.61. The third-order valence-electron chi connectivity index (χ3n) is 4.73. The van der Waals surface area contributed by atoms with Gasteiger partial charge in [0.05, 0.1) is 41.1 Å². The van der Waals surface area contributed by atoms with Crippen LogP contribution in [-0.2, 0) is 14.8 Å². The zero-order valence-corrected chi connectivity index (χ0v) is 18.2. The fourth-order valence-electron chi connectivity index (χ4n) is 3.38. The van der Waals surface area contributed by atoms with Crippen molar-refractivity contribution in [3.8, 4) is 5.69 Å². The molecule has 0 radical (unpaired) electrons. The van der Waals surface area contributed by atoms with E-state index < -0.39 is 10.0 Å². The summed E-state index contributed by atoms with van der Waals surface area (Å²) in [5.74, 6) is -0.533. The van der Waals surface area contributed by atoms with Crippen LogP contribution in [0.25, 0.3) is 5.69 Å². The van der Waals surface area contributed by atoms with E-state index in [1.54, 1.807) is 29.8 Å². The summed E-state index contributed by atoms with van der Waals surface area (Å²) in [7, 11) is -3.48. The summed E-state index contributed by atoms with van der Waals surface area (Å²) >= 11 is 6.02. The van der Waals surface area contributed by atoms with Crippen LogP contribution in [0.15, 0.2) is 30.5 Å². The van der Waals surface area contributed by atoms with E-state index in [-0.39, 0.29) is 30.4 Å². The monoisotopic (exact) mass is 440 g/mol. The van der Waals surface area contributed by atoms with Crippen molar-refractivity contribution >= 4 is 27.5 Å². The van der Waals surface area contributed by atoms with Gasteiger partial charge in [0.1, 0.15) is 0 Å². The molecule has 158 valence electrons. The molecule has 29 heavy (non-hydrogen) atoms. The molecule has 10 heteroatoms. The van der Waals surface area contributed by atoms with E-state index in [9.17, 15) is 13.2 Å². The van der Waals surface area contributed by atoms with Gasteiger partial charge in [0.15, 0.2) is 0 Å². The SMILES string of the molecule is Cc1c(C(=O)NCCS(=O)(=O)N2CC(C)OC(C)C2)cnn1-c1cccc(Cl)c1. The predicted octanol–water partition coefficient (Wildman–Crippen LogP) is 2.00. The zero-order valence-electron chi connectivity index (χ0n) is 16.6. The van der Waals surface area contributed by atoms with Gasteiger partial charge in [-0.15, -0.1) is 0 Å². The second kappa shape index (κ2) is 8.83. The van der Waals surface area contributed by atoms with Crippen molar-refractivity contribution in [3.05, 3.63) is 46.7 Å². The van der Waals surface area contributed by atoms with Crippen LogP contribution in [0.4, 0.5) is 0 Å². The molecule has 1 aromatic carbocycles. The number of benzene rings is 1. The summed E-state index contributed by atoms with van der Waals surface area (Å²) in [5.41, 5.74) is 1.77. The molecule has 0 spiro atoms. The quantitative estimate of drug-likeness (QED) is 0.741. The summed E-state index contributed by atoms with van der Waals surface area (Å²) in [6, 6.07) is 7.15. The second-order valence-corrected chi connectivity index (χ2v) is 9.71. The fraction of sp³-hybridized carbons (Fsp3) is 0.474. The van der Waals surface area contributed by atoms with Gasteiger partial charge >= 0.3 is 0 Å². The normalized spacial score (nSPS) is 20.6. The molecule has 2 atom stereocenters. The molecule has 1 aliphatic heterocycles.